The lowest BCUT2D eigenvalue weighted by molar-refractivity contribution is -0.136. The van der Waals surface area contributed by atoms with Gasteiger partial charge in [-0.25, -0.2) is 10.4 Å². The number of hydrazine groups is 1. The Bertz CT molecular complexity index is 680. The zero-order chi connectivity index (χ0) is 17.5. The third kappa shape index (κ3) is 5.45. The second-order valence-corrected chi connectivity index (χ2v) is 6.55. The normalized spacial score (nSPS) is 12.1. The van der Waals surface area contributed by atoms with Crippen LogP contribution in [0.1, 0.15) is 30.7 Å². The Hall–Kier alpha value is -1.67. The third-order valence-electron chi connectivity index (χ3n) is 3.26. The number of hydrogen-bond acceptors (Lipinski definition) is 6. The quantitative estimate of drug-likeness (QED) is 0.589. The Morgan fingerprint density at radius 1 is 1.50 bits per heavy atom. The Balaban J connectivity index is 2.00. The maximum absolute atomic E-state index is 10.8. The summed E-state index contributed by atoms with van der Waals surface area (Å²) in [6.45, 7) is 3.03. The van der Waals surface area contributed by atoms with E-state index in [4.69, 9.17) is 16.7 Å². The number of aliphatic carboxylic acids is 1. The highest BCUT2D eigenvalue weighted by molar-refractivity contribution is 7.13. The number of thiazole rings is 1. The molecule has 0 spiro atoms. The van der Waals surface area contributed by atoms with Gasteiger partial charge in [0.25, 0.3) is 0 Å². The molecule has 6 nitrogen and oxygen atoms in total. The maximum Gasteiger partial charge on any atom is 0.309 e. The Kier molecular flexibility index (Phi) is 6.99. The van der Waals surface area contributed by atoms with Gasteiger partial charge in [0, 0.05) is 23.5 Å². The van der Waals surface area contributed by atoms with Crippen LogP contribution in [0.3, 0.4) is 0 Å². The van der Waals surface area contributed by atoms with E-state index in [1.165, 1.54) is 11.3 Å². The van der Waals surface area contributed by atoms with Gasteiger partial charge in [0.1, 0.15) is 0 Å². The summed E-state index contributed by atoms with van der Waals surface area (Å²) < 4.78 is 0. The van der Waals surface area contributed by atoms with Gasteiger partial charge in [-0.05, 0) is 24.1 Å². The van der Waals surface area contributed by atoms with Crippen molar-refractivity contribution < 1.29 is 15.0 Å². The average molecular weight is 370 g/mol. The zero-order valence-electron chi connectivity index (χ0n) is 13.3. The van der Waals surface area contributed by atoms with Crippen LogP contribution in [0.2, 0.25) is 5.02 Å². The molecule has 1 aromatic carbocycles. The Morgan fingerprint density at radius 2 is 2.29 bits per heavy atom. The minimum absolute atomic E-state index is 0.0956. The van der Waals surface area contributed by atoms with Crippen molar-refractivity contribution in [3.63, 3.8) is 0 Å². The van der Waals surface area contributed by atoms with E-state index >= 15 is 0 Å². The van der Waals surface area contributed by atoms with Gasteiger partial charge in [0.2, 0.25) is 0 Å². The number of carboxylic acid groups (broad SMARTS) is 1. The number of nitrogens with zero attached hydrogens (tertiary/aromatic N) is 2. The van der Waals surface area contributed by atoms with Gasteiger partial charge < -0.3 is 10.2 Å². The largest absolute Gasteiger partial charge is 0.481 e. The molecule has 24 heavy (non-hydrogen) atoms. The highest BCUT2D eigenvalue weighted by Crippen LogP contribution is 2.21. The lowest BCUT2D eigenvalue weighted by Gasteiger charge is -2.24. The number of carboxylic acids is 1. The molecule has 0 radical (unpaired) electrons. The molecule has 0 amide bonds. The molecule has 0 fully saturated rings. The zero-order valence-corrected chi connectivity index (χ0v) is 14.8. The van der Waals surface area contributed by atoms with Gasteiger partial charge in [-0.3, -0.25) is 9.80 Å². The predicted molar refractivity (Wildman–Crippen MR) is 95.5 cm³/mol. The monoisotopic (exact) mass is 369 g/mol. The number of aromatic nitrogens is 1. The van der Waals surface area contributed by atoms with Crippen LogP contribution in [0.5, 0.6) is 0 Å². The SMILES string of the molecule is CCCN(NC[C@H](O)c1cccc(Cl)c1)c1nc(CC(=O)O)cs1. The number of carbonyl (C=O) groups is 1. The van der Waals surface area contributed by atoms with Crippen LogP contribution in [-0.2, 0) is 11.2 Å². The first kappa shape index (κ1) is 18.7. The topological polar surface area (TPSA) is 85.7 Å². The highest BCUT2D eigenvalue weighted by atomic mass is 35.5. The van der Waals surface area contributed by atoms with E-state index in [-0.39, 0.29) is 6.42 Å². The third-order valence-corrected chi connectivity index (χ3v) is 4.41. The van der Waals surface area contributed by atoms with Crippen molar-refractivity contribution in [2.75, 3.05) is 18.1 Å². The number of aliphatic hydroxyl groups is 1. The summed E-state index contributed by atoms with van der Waals surface area (Å²) in [6, 6.07) is 7.10. The number of benzene rings is 1. The molecule has 0 saturated carbocycles. The number of aliphatic hydroxyl groups excluding tert-OH is 1. The molecule has 130 valence electrons. The van der Waals surface area contributed by atoms with E-state index in [0.29, 0.717) is 28.9 Å². The van der Waals surface area contributed by atoms with E-state index < -0.39 is 12.1 Å². The maximum atomic E-state index is 10.8. The Morgan fingerprint density at radius 3 is 2.96 bits per heavy atom. The van der Waals surface area contributed by atoms with Crippen molar-refractivity contribution in [1.82, 2.24) is 10.4 Å². The van der Waals surface area contributed by atoms with Crippen molar-refractivity contribution in [3.05, 3.63) is 45.9 Å². The van der Waals surface area contributed by atoms with Crippen LogP contribution in [0, 0.1) is 0 Å². The van der Waals surface area contributed by atoms with Crippen molar-refractivity contribution in [3.8, 4) is 0 Å². The van der Waals surface area contributed by atoms with E-state index in [1.54, 1.807) is 23.6 Å². The Labute approximate surface area is 149 Å². The minimum Gasteiger partial charge on any atom is -0.481 e. The first-order chi connectivity index (χ1) is 11.5. The van der Waals surface area contributed by atoms with Crippen LogP contribution in [-0.4, -0.2) is 34.3 Å². The summed E-state index contributed by atoms with van der Waals surface area (Å²) in [5, 5.41) is 24.0. The van der Waals surface area contributed by atoms with Crippen molar-refractivity contribution in [2.24, 2.45) is 0 Å². The van der Waals surface area contributed by atoms with Crippen molar-refractivity contribution in [2.45, 2.75) is 25.9 Å². The molecule has 3 N–H and O–H groups in total. The van der Waals surface area contributed by atoms with Gasteiger partial charge in [0.15, 0.2) is 5.13 Å². The van der Waals surface area contributed by atoms with Gasteiger partial charge in [0.05, 0.1) is 18.2 Å². The van der Waals surface area contributed by atoms with Crippen LogP contribution in [0.15, 0.2) is 29.6 Å². The second-order valence-electron chi connectivity index (χ2n) is 5.28. The molecule has 0 aliphatic carbocycles. The predicted octanol–water partition coefficient (Wildman–Crippen LogP) is 2.88. The van der Waals surface area contributed by atoms with E-state index in [0.717, 1.165) is 12.0 Å². The van der Waals surface area contributed by atoms with Gasteiger partial charge in [-0.15, -0.1) is 11.3 Å². The molecule has 0 bridgehead atoms. The van der Waals surface area contributed by atoms with Gasteiger partial charge in [-0.1, -0.05) is 30.7 Å². The number of rotatable bonds is 9. The molecule has 0 aliphatic rings. The lowest BCUT2D eigenvalue weighted by Crippen LogP contribution is -2.41. The molecule has 1 heterocycles. The summed E-state index contributed by atoms with van der Waals surface area (Å²) in [4.78, 5) is 15.1. The number of hydrogen-bond donors (Lipinski definition) is 3. The van der Waals surface area contributed by atoms with Gasteiger partial charge >= 0.3 is 5.97 Å². The smallest absolute Gasteiger partial charge is 0.309 e. The molecule has 0 unspecified atom stereocenters. The fourth-order valence-electron chi connectivity index (χ4n) is 2.15. The van der Waals surface area contributed by atoms with Crippen LogP contribution in [0.25, 0.3) is 0 Å². The fraction of sp³-hybridized carbons (Fsp3) is 0.375. The number of halogens is 1. The van der Waals surface area contributed by atoms with E-state index in [9.17, 15) is 9.90 Å². The van der Waals surface area contributed by atoms with Crippen LogP contribution < -0.4 is 10.4 Å². The summed E-state index contributed by atoms with van der Waals surface area (Å²) >= 11 is 7.32. The minimum atomic E-state index is -0.904. The average Bonchev–Trinajstić information content (AvgIpc) is 2.98. The van der Waals surface area contributed by atoms with Crippen molar-refractivity contribution >= 4 is 34.0 Å². The molecule has 0 aliphatic heterocycles. The van der Waals surface area contributed by atoms with Crippen molar-refractivity contribution in [1.29, 1.82) is 0 Å². The first-order valence-corrected chi connectivity index (χ1v) is 8.86. The van der Waals surface area contributed by atoms with E-state index in [1.807, 2.05) is 18.0 Å². The highest BCUT2D eigenvalue weighted by Gasteiger charge is 2.14. The molecule has 0 saturated heterocycles. The molecule has 8 heteroatoms. The lowest BCUT2D eigenvalue weighted by atomic mass is 10.1. The summed E-state index contributed by atoms with van der Waals surface area (Å²) in [6.07, 6.45) is 0.0805. The summed E-state index contributed by atoms with van der Waals surface area (Å²) in [5.41, 5.74) is 4.42. The first-order valence-electron chi connectivity index (χ1n) is 7.60. The van der Waals surface area contributed by atoms with Gasteiger partial charge in [-0.2, -0.15) is 0 Å². The molecular formula is C16H20ClN3O3S. The molecule has 1 aromatic heterocycles. The molecule has 2 aromatic rings. The fourth-order valence-corrected chi connectivity index (χ4v) is 3.18. The molecule has 1 atom stereocenters. The number of anilines is 1. The van der Waals surface area contributed by atoms with Crippen LogP contribution in [0.4, 0.5) is 5.13 Å². The summed E-state index contributed by atoms with van der Waals surface area (Å²) in [7, 11) is 0. The summed E-state index contributed by atoms with van der Waals surface area (Å²) in [5.74, 6) is -0.904. The second kappa shape index (κ2) is 8.98. The van der Waals surface area contributed by atoms with E-state index in [2.05, 4.69) is 10.4 Å². The number of nitrogens with one attached hydrogen (secondary N) is 1. The van der Waals surface area contributed by atoms with Crippen LogP contribution >= 0.6 is 22.9 Å². The molecular weight excluding hydrogens is 350 g/mol. The standard InChI is InChI=1S/C16H20ClN3O3S/c1-2-6-20(16-19-13(10-24-16)8-15(22)23)18-9-14(21)11-4-3-5-12(17)7-11/h3-5,7,10,14,18,21H,2,6,8-9H2,1H3,(H,22,23)/t14-/m0/s1. The molecule has 2 rings (SSSR count).